The fourth-order valence-corrected chi connectivity index (χ4v) is 1.95. The first-order valence-corrected chi connectivity index (χ1v) is 5.21. The Morgan fingerprint density at radius 2 is 1.88 bits per heavy atom. The molecule has 44 valence electrons. The lowest BCUT2D eigenvalue weighted by Crippen LogP contribution is -1.70. The van der Waals surface area contributed by atoms with E-state index >= 15 is 0 Å². The number of rotatable bonds is 2. The van der Waals surface area contributed by atoms with E-state index in [4.69, 9.17) is 0 Å². The van der Waals surface area contributed by atoms with Crippen LogP contribution in [-0.2, 0) is 0 Å². The summed E-state index contributed by atoms with van der Waals surface area (Å²) in [5.74, 6) is 0. The summed E-state index contributed by atoms with van der Waals surface area (Å²) in [7, 11) is 3.01. The Morgan fingerprint density at radius 1 is 1.25 bits per heavy atom. The van der Waals surface area contributed by atoms with Gasteiger partial charge in [-0.1, -0.05) is 11.7 Å². The molecule has 0 amide bonds. The molecule has 1 heterocycles. The fraction of sp³-hybridized carbons (Fsp3) is 0. The molecule has 0 aliphatic heterocycles. The van der Waals surface area contributed by atoms with Crippen LogP contribution in [0.2, 0.25) is 0 Å². The lowest BCUT2D eigenvalue weighted by molar-refractivity contribution is 1.30. The maximum absolute atomic E-state index is 3.97. The Kier molecular flexibility index (Phi) is 2.72. The van der Waals surface area contributed by atoms with E-state index in [1.807, 2.05) is 28.5 Å². The third-order valence-corrected chi connectivity index (χ3v) is 2.50. The molecular weight excluding hydrogens is 158 g/mol. The summed E-state index contributed by atoms with van der Waals surface area (Å²) >= 11 is 3.97. The normalized spacial score (nSPS) is 9.62. The van der Waals surface area contributed by atoms with Crippen LogP contribution < -0.4 is 0 Å². The van der Waals surface area contributed by atoms with E-state index in [0.717, 1.165) is 0 Å². The molecule has 0 atom stereocenters. The van der Waals surface area contributed by atoms with Crippen LogP contribution in [0.3, 0.4) is 0 Å². The Balaban J connectivity index is 2.50. The van der Waals surface area contributed by atoms with Crippen molar-refractivity contribution in [2.24, 2.45) is 0 Å². The molecule has 0 aliphatic rings. The van der Waals surface area contributed by atoms with Gasteiger partial charge in [0.15, 0.2) is 0 Å². The van der Waals surface area contributed by atoms with Crippen molar-refractivity contribution >= 4 is 32.5 Å². The van der Waals surface area contributed by atoms with E-state index in [9.17, 15) is 0 Å². The maximum Gasteiger partial charge on any atom is 0.0370 e. The average molecular weight is 163 g/mol. The molecule has 1 rings (SSSR count). The molecule has 8 heavy (non-hydrogen) atoms. The monoisotopic (exact) mass is 163 g/mol. The minimum Gasteiger partial charge on any atom is -0.289 e. The van der Waals surface area contributed by atoms with Crippen molar-refractivity contribution in [3.05, 3.63) is 24.5 Å². The minimum absolute atomic E-state index is 1.43. The van der Waals surface area contributed by atoms with Crippen LogP contribution in [0.25, 0.3) is 0 Å². The van der Waals surface area contributed by atoms with Crippen molar-refractivity contribution in [3.8, 4) is 0 Å². The molecule has 0 spiro atoms. The summed E-state index contributed by atoms with van der Waals surface area (Å²) in [6.07, 6.45) is 3.96. The van der Waals surface area contributed by atoms with Crippen molar-refractivity contribution in [1.29, 1.82) is 0 Å². The van der Waals surface area contributed by atoms with Gasteiger partial charge in [-0.15, -0.1) is 0 Å². The van der Waals surface area contributed by atoms with Crippen LogP contribution in [0.4, 0.5) is 0 Å². The molecule has 0 aromatic carbocycles. The van der Waals surface area contributed by atoms with Gasteiger partial charge < -0.3 is 0 Å². The Labute approximate surface area is 61.2 Å². The fourth-order valence-electron chi connectivity index (χ4n) is 0.407. The van der Waals surface area contributed by atoms with Crippen molar-refractivity contribution in [3.63, 3.8) is 0 Å². The Hall–Kier alpha value is 0.330. The Morgan fingerprint density at radius 3 is 2.38 bits per heavy atom. The first-order valence-electron chi connectivity index (χ1n) is 2.05. The van der Waals surface area contributed by atoms with Gasteiger partial charge in [0.1, 0.15) is 0 Å². The van der Waals surface area contributed by atoms with E-state index in [1.165, 1.54) is 9.83 Å². The van der Waals surface area contributed by atoms with Gasteiger partial charge in [-0.2, -0.15) is 0 Å². The molecule has 0 N–H and O–H groups in total. The standard InChI is InChI=1S/C4H5NS3/c6-8-7-5-3-1-2-4-5/h1-4,6H. The molecular formula is C4H5NS3. The first-order chi connectivity index (χ1) is 3.93. The van der Waals surface area contributed by atoms with Gasteiger partial charge in [0.05, 0.1) is 0 Å². The zero-order valence-corrected chi connectivity index (χ0v) is 6.55. The topological polar surface area (TPSA) is 4.93 Å². The van der Waals surface area contributed by atoms with E-state index in [-0.39, 0.29) is 0 Å². The van der Waals surface area contributed by atoms with Crippen molar-refractivity contribution in [2.45, 2.75) is 0 Å². The molecule has 0 aliphatic carbocycles. The summed E-state index contributed by atoms with van der Waals surface area (Å²) in [5.41, 5.74) is 0. The lowest BCUT2D eigenvalue weighted by atomic mass is 10.7. The summed E-state index contributed by atoms with van der Waals surface area (Å²) in [5, 5.41) is 0. The molecule has 0 radical (unpaired) electrons. The number of hydrogen-bond donors (Lipinski definition) is 1. The highest BCUT2D eigenvalue weighted by atomic mass is 33.5. The zero-order valence-electron chi connectivity index (χ0n) is 4.02. The lowest BCUT2D eigenvalue weighted by Gasteiger charge is -1.91. The highest BCUT2D eigenvalue weighted by Gasteiger charge is 1.83. The summed E-state index contributed by atoms with van der Waals surface area (Å²) in [6, 6.07) is 3.97. The molecule has 0 saturated heterocycles. The maximum atomic E-state index is 3.97. The van der Waals surface area contributed by atoms with Crippen molar-refractivity contribution in [1.82, 2.24) is 3.97 Å². The molecule has 1 aromatic rings. The van der Waals surface area contributed by atoms with Crippen LogP contribution in [0.1, 0.15) is 0 Å². The molecule has 4 heteroatoms. The summed E-state index contributed by atoms with van der Waals surface area (Å²) < 4.78 is 1.98. The van der Waals surface area contributed by atoms with Crippen molar-refractivity contribution < 1.29 is 0 Å². The molecule has 1 nitrogen and oxygen atoms in total. The van der Waals surface area contributed by atoms with Crippen molar-refractivity contribution in [2.75, 3.05) is 0 Å². The second kappa shape index (κ2) is 3.37. The van der Waals surface area contributed by atoms with Crippen LogP contribution >= 0.6 is 32.5 Å². The van der Waals surface area contributed by atoms with Gasteiger partial charge in [-0.05, 0) is 22.0 Å². The summed E-state index contributed by atoms with van der Waals surface area (Å²) in [4.78, 5) is 0. The molecule has 0 saturated carbocycles. The van der Waals surface area contributed by atoms with Gasteiger partial charge in [-0.25, -0.2) is 0 Å². The number of aromatic nitrogens is 1. The van der Waals surface area contributed by atoms with E-state index < -0.39 is 0 Å². The van der Waals surface area contributed by atoms with E-state index in [2.05, 4.69) is 11.7 Å². The SMILES string of the molecule is SSSn1cccc1. The van der Waals surface area contributed by atoms with Gasteiger partial charge in [0.25, 0.3) is 0 Å². The molecule has 0 bridgehead atoms. The van der Waals surface area contributed by atoms with Crippen LogP contribution in [0.5, 0.6) is 0 Å². The predicted molar refractivity (Wildman–Crippen MR) is 44.0 cm³/mol. The second-order valence-electron chi connectivity index (χ2n) is 1.19. The molecule has 0 unspecified atom stereocenters. The first kappa shape index (κ1) is 6.45. The predicted octanol–water partition coefficient (Wildman–Crippen LogP) is 2.48. The molecule has 0 fully saturated rings. The number of nitrogens with zero attached hydrogens (tertiary/aromatic N) is 1. The van der Waals surface area contributed by atoms with E-state index in [1.54, 1.807) is 11.0 Å². The van der Waals surface area contributed by atoms with Gasteiger partial charge in [0.2, 0.25) is 0 Å². The second-order valence-corrected chi connectivity index (χ2v) is 4.15. The highest BCUT2D eigenvalue weighted by molar-refractivity contribution is 9.05. The van der Waals surface area contributed by atoms with Crippen LogP contribution in [0.15, 0.2) is 24.5 Å². The smallest absolute Gasteiger partial charge is 0.0370 e. The highest BCUT2D eigenvalue weighted by Crippen LogP contribution is 2.25. The number of thiol groups is 1. The quantitative estimate of drug-likeness (QED) is 0.528. The van der Waals surface area contributed by atoms with E-state index in [0.29, 0.717) is 0 Å². The van der Waals surface area contributed by atoms with Gasteiger partial charge in [0, 0.05) is 23.4 Å². The minimum atomic E-state index is 1.43. The summed E-state index contributed by atoms with van der Waals surface area (Å²) in [6.45, 7) is 0. The third kappa shape index (κ3) is 1.69. The molecule has 1 aromatic heterocycles. The van der Waals surface area contributed by atoms with Crippen LogP contribution in [0, 0.1) is 0 Å². The van der Waals surface area contributed by atoms with Gasteiger partial charge >= 0.3 is 0 Å². The average Bonchev–Trinajstić information content (AvgIpc) is 2.19. The number of hydrogen-bond acceptors (Lipinski definition) is 3. The largest absolute Gasteiger partial charge is 0.289 e. The Bertz CT molecular complexity index is 137. The third-order valence-electron chi connectivity index (χ3n) is 0.696. The van der Waals surface area contributed by atoms with Crippen LogP contribution in [-0.4, -0.2) is 3.97 Å². The van der Waals surface area contributed by atoms with Gasteiger partial charge in [-0.3, -0.25) is 3.97 Å². The zero-order chi connectivity index (χ0) is 5.82.